The van der Waals surface area contributed by atoms with Gasteiger partial charge in [-0.1, -0.05) is 12.1 Å². The molecule has 1 N–H and O–H groups in total. The minimum atomic E-state index is -0.362. The Balaban J connectivity index is 1.48. The second-order valence-electron chi connectivity index (χ2n) is 7.97. The van der Waals surface area contributed by atoms with Crippen molar-refractivity contribution in [3.8, 4) is 5.75 Å². The van der Waals surface area contributed by atoms with Gasteiger partial charge in [-0.15, -0.1) is 11.3 Å². The van der Waals surface area contributed by atoms with Crippen LogP contribution in [0.15, 0.2) is 71.7 Å². The van der Waals surface area contributed by atoms with Gasteiger partial charge in [0.25, 0.3) is 11.8 Å². The number of benzene rings is 2. The Bertz CT molecular complexity index is 1200. The predicted molar refractivity (Wildman–Crippen MR) is 133 cm³/mol. The Kier molecular flexibility index (Phi) is 5.88. The number of rotatable bonds is 7. The van der Waals surface area contributed by atoms with Crippen LogP contribution < -0.4 is 19.9 Å². The number of hydrogen-bond acceptors (Lipinski definition) is 6. The van der Waals surface area contributed by atoms with E-state index in [0.29, 0.717) is 29.3 Å². The second-order valence-corrected chi connectivity index (χ2v) is 8.92. The molecule has 0 radical (unpaired) electrons. The van der Waals surface area contributed by atoms with E-state index in [1.54, 1.807) is 0 Å². The summed E-state index contributed by atoms with van der Waals surface area (Å²) in [6.07, 6.45) is 2.39. The SMILES string of the molecule is CCOc1cccc(NC2=C(c3cccs3)C(=O)N(c3ccc(N4CCCC4)cc3)C2=O)c1. The largest absolute Gasteiger partial charge is 0.494 e. The van der Waals surface area contributed by atoms with Crippen molar-refractivity contribution in [3.63, 3.8) is 0 Å². The van der Waals surface area contributed by atoms with Crippen molar-refractivity contribution < 1.29 is 14.3 Å². The number of nitrogens with zero attached hydrogens (tertiary/aromatic N) is 2. The van der Waals surface area contributed by atoms with E-state index in [1.807, 2.05) is 73.0 Å². The summed E-state index contributed by atoms with van der Waals surface area (Å²) in [5.74, 6) is 0.0193. The fraction of sp³-hybridized carbons (Fsp3) is 0.231. The molecular formula is C26H25N3O3S. The third-order valence-corrected chi connectivity index (χ3v) is 6.73. The highest BCUT2D eigenvalue weighted by Crippen LogP contribution is 2.36. The van der Waals surface area contributed by atoms with E-state index in [9.17, 15) is 9.59 Å². The van der Waals surface area contributed by atoms with Crippen LogP contribution in [0.1, 0.15) is 24.6 Å². The number of anilines is 3. The van der Waals surface area contributed by atoms with Crippen molar-refractivity contribution >= 4 is 45.8 Å². The van der Waals surface area contributed by atoms with Crippen LogP contribution in [0.2, 0.25) is 0 Å². The molecule has 3 heterocycles. The Hall–Kier alpha value is -3.58. The number of carbonyl (C=O) groups is 2. The van der Waals surface area contributed by atoms with Gasteiger partial charge in [-0.25, -0.2) is 4.90 Å². The van der Waals surface area contributed by atoms with Crippen LogP contribution in [-0.4, -0.2) is 31.5 Å². The van der Waals surface area contributed by atoms with Gasteiger partial charge in [0.05, 0.1) is 17.9 Å². The van der Waals surface area contributed by atoms with E-state index in [2.05, 4.69) is 10.2 Å². The summed E-state index contributed by atoms with van der Waals surface area (Å²) in [4.78, 5) is 31.4. The molecule has 1 aromatic heterocycles. The highest BCUT2D eigenvalue weighted by atomic mass is 32.1. The maximum absolute atomic E-state index is 13.5. The van der Waals surface area contributed by atoms with E-state index in [4.69, 9.17) is 4.74 Å². The molecule has 3 aromatic rings. The Morgan fingerprint density at radius 2 is 1.70 bits per heavy atom. The lowest BCUT2D eigenvalue weighted by Gasteiger charge is -2.20. The first-order valence-electron chi connectivity index (χ1n) is 11.2. The van der Waals surface area contributed by atoms with Crippen molar-refractivity contribution in [3.05, 3.63) is 76.6 Å². The predicted octanol–water partition coefficient (Wildman–Crippen LogP) is 5.14. The van der Waals surface area contributed by atoms with Gasteiger partial charge in [-0.3, -0.25) is 9.59 Å². The van der Waals surface area contributed by atoms with Crippen LogP contribution in [0.4, 0.5) is 17.1 Å². The molecule has 7 heteroatoms. The summed E-state index contributed by atoms with van der Waals surface area (Å²) >= 11 is 1.44. The van der Waals surface area contributed by atoms with Crippen molar-refractivity contribution in [2.24, 2.45) is 0 Å². The lowest BCUT2D eigenvalue weighted by molar-refractivity contribution is -0.120. The lowest BCUT2D eigenvalue weighted by atomic mass is 10.2. The topological polar surface area (TPSA) is 61.9 Å². The van der Waals surface area contributed by atoms with E-state index in [1.165, 1.54) is 29.1 Å². The van der Waals surface area contributed by atoms with Crippen molar-refractivity contribution in [1.29, 1.82) is 0 Å². The molecule has 6 nitrogen and oxygen atoms in total. The zero-order chi connectivity index (χ0) is 22.8. The maximum Gasteiger partial charge on any atom is 0.282 e. The fourth-order valence-electron chi connectivity index (χ4n) is 4.29. The summed E-state index contributed by atoms with van der Waals surface area (Å²) < 4.78 is 5.58. The summed E-state index contributed by atoms with van der Waals surface area (Å²) in [5, 5.41) is 5.10. The van der Waals surface area contributed by atoms with Crippen molar-refractivity contribution in [2.45, 2.75) is 19.8 Å². The first-order valence-corrected chi connectivity index (χ1v) is 12.1. The number of thiophene rings is 1. The quantitative estimate of drug-likeness (QED) is 0.496. The number of carbonyl (C=O) groups excluding carboxylic acids is 2. The Labute approximate surface area is 197 Å². The highest BCUT2D eigenvalue weighted by Gasteiger charge is 2.40. The van der Waals surface area contributed by atoms with Gasteiger partial charge >= 0.3 is 0 Å². The lowest BCUT2D eigenvalue weighted by Crippen LogP contribution is -2.32. The molecule has 0 saturated carbocycles. The number of amides is 2. The molecule has 0 spiro atoms. The van der Waals surface area contributed by atoms with Crippen LogP contribution in [0.25, 0.3) is 5.57 Å². The Morgan fingerprint density at radius 1 is 0.939 bits per heavy atom. The third kappa shape index (κ3) is 4.12. The summed E-state index contributed by atoms with van der Waals surface area (Å²) in [6.45, 7) is 4.55. The number of imide groups is 1. The number of ether oxygens (including phenoxy) is 1. The van der Waals surface area contributed by atoms with Gasteiger partial charge in [0, 0.05) is 35.4 Å². The summed E-state index contributed by atoms with van der Waals surface area (Å²) in [6, 6.07) is 18.8. The standard InChI is InChI=1S/C26H25N3O3S/c1-2-32-21-8-5-7-18(17-21)27-24-23(22-9-6-16-33-22)25(30)29(26(24)31)20-12-10-19(11-13-20)28-14-3-4-15-28/h5-13,16-17,27H,2-4,14-15H2,1H3. The van der Waals surface area contributed by atoms with E-state index in [-0.39, 0.29) is 17.5 Å². The molecule has 0 atom stereocenters. The second kappa shape index (κ2) is 9.11. The smallest absolute Gasteiger partial charge is 0.282 e. The molecule has 1 saturated heterocycles. The molecule has 0 bridgehead atoms. The van der Waals surface area contributed by atoms with Crippen LogP contribution in [0, 0.1) is 0 Å². The van der Waals surface area contributed by atoms with E-state index in [0.717, 1.165) is 23.7 Å². The zero-order valence-electron chi connectivity index (χ0n) is 18.4. The minimum absolute atomic E-state index is 0.278. The molecule has 2 aliphatic rings. The monoisotopic (exact) mass is 459 g/mol. The highest BCUT2D eigenvalue weighted by molar-refractivity contribution is 7.11. The molecule has 2 amide bonds. The van der Waals surface area contributed by atoms with Gasteiger partial charge in [0.15, 0.2) is 0 Å². The molecule has 2 aliphatic heterocycles. The molecule has 0 unspecified atom stereocenters. The third-order valence-electron chi connectivity index (χ3n) is 5.84. The molecule has 2 aromatic carbocycles. The normalized spacial score (nSPS) is 16.2. The van der Waals surface area contributed by atoms with E-state index >= 15 is 0 Å². The fourth-order valence-corrected chi connectivity index (χ4v) is 5.06. The molecule has 1 fully saturated rings. The van der Waals surface area contributed by atoms with Crippen LogP contribution >= 0.6 is 11.3 Å². The van der Waals surface area contributed by atoms with Gasteiger partial charge in [-0.2, -0.15) is 0 Å². The molecule has 5 rings (SSSR count). The van der Waals surface area contributed by atoms with Crippen molar-refractivity contribution in [1.82, 2.24) is 0 Å². The molecular weight excluding hydrogens is 434 g/mol. The molecule has 0 aliphatic carbocycles. The zero-order valence-corrected chi connectivity index (χ0v) is 19.2. The van der Waals surface area contributed by atoms with E-state index < -0.39 is 0 Å². The average Bonchev–Trinajstić information content (AvgIpc) is 3.58. The molecule has 33 heavy (non-hydrogen) atoms. The van der Waals surface area contributed by atoms with Crippen molar-refractivity contribution in [2.75, 3.05) is 34.8 Å². The number of nitrogens with one attached hydrogen (secondary N) is 1. The maximum atomic E-state index is 13.5. The first kappa shape index (κ1) is 21.3. The van der Waals surface area contributed by atoms with Crippen LogP contribution in [0.3, 0.4) is 0 Å². The van der Waals surface area contributed by atoms with Gasteiger partial charge in [0.1, 0.15) is 11.4 Å². The summed E-state index contributed by atoms with van der Waals surface area (Å²) in [5.41, 5.74) is 3.05. The minimum Gasteiger partial charge on any atom is -0.494 e. The first-order chi connectivity index (χ1) is 16.2. The van der Waals surface area contributed by atoms with Gasteiger partial charge < -0.3 is 15.0 Å². The summed E-state index contributed by atoms with van der Waals surface area (Å²) in [7, 11) is 0. The number of hydrogen-bond donors (Lipinski definition) is 1. The Morgan fingerprint density at radius 3 is 2.39 bits per heavy atom. The van der Waals surface area contributed by atoms with Crippen LogP contribution in [-0.2, 0) is 9.59 Å². The van der Waals surface area contributed by atoms with Gasteiger partial charge in [-0.05, 0) is 67.6 Å². The van der Waals surface area contributed by atoms with Gasteiger partial charge in [0.2, 0.25) is 0 Å². The average molecular weight is 460 g/mol. The molecule has 168 valence electrons. The van der Waals surface area contributed by atoms with Crippen LogP contribution in [0.5, 0.6) is 5.75 Å².